The molecule has 2 heterocycles. The van der Waals surface area contributed by atoms with Crippen molar-refractivity contribution < 1.29 is 9.18 Å². The Balaban J connectivity index is 1.77. The molecule has 2 aromatic heterocycles. The number of hydrogen-bond donors (Lipinski definition) is 2. The van der Waals surface area contributed by atoms with Crippen molar-refractivity contribution in [1.29, 1.82) is 0 Å². The van der Waals surface area contributed by atoms with E-state index in [1.165, 1.54) is 12.3 Å². The Hall–Kier alpha value is -2.24. The summed E-state index contributed by atoms with van der Waals surface area (Å²) >= 11 is 0. The second-order valence-electron chi connectivity index (χ2n) is 3.75. The van der Waals surface area contributed by atoms with Crippen LogP contribution in [0.4, 0.5) is 4.39 Å². The molecule has 0 spiro atoms. The van der Waals surface area contributed by atoms with E-state index in [0.717, 1.165) is 24.9 Å². The van der Waals surface area contributed by atoms with Crippen molar-refractivity contribution in [3.63, 3.8) is 0 Å². The van der Waals surface area contributed by atoms with Crippen molar-refractivity contribution in [2.24, 2.45) is 0 Å². The van der Waals surface area contributed by atoms with Crippen LogP contribution >= 0.6 is 0 Å². The highest BCUT2D eigenvalue weighted by molar-refractivity contribution is 5.94. The van der Waals surface area contributed by atoms with Crippen LogP contribution in [0.1, 0.15) is 22.6 Å². The number of rotatable bonds is 5. The van der Waals surface area contributed by atoms with Crippen molar-refractivity contribution in [3.8, 4) is 0 Å². The monoisotopic (exact) mass is 248 g/mol. The van der Waals surface area contributed by atoms with Crippen molar-refractivity contribution in [2.75, 3.05) is 6.54 Å². The molecule has 0 fully saturated rings. The van der Waals surface area contributed by atoms with Gasteiger partial charge in [0.2, 0.25) is 0 Å². The van der Waals surface area contributed by atoms with E-state index >= 15 is 0 Å². The fraction of sp³-hybridized carbons (Fsp3) is 0.250. The van der Waals surface area contributed by atoms with Gasteiger partial charge in [-0.2, -0.15) is 0 Å². The number of carbonyl (C=O) groups excluding carboxylic acids is 1. The molecule has 2 N–H and O–H groups in total. The van der Waals surface area contributed by atoms with E-state index in [1.807, 2.05) is 0 Å². The summed E-state index contributed by atoms with van der Waals surface area (Å²) in [4.78, 5) is 22.3. The van der Waals surface area contributed by atoms with Crippen LogP contribution in [0.2, 0.25) is 0 Å². The summed E-state index contributed by atoms with van der Waals surface area (Å²) in [5.41, 5.74) is 0.0167. The number of nitrogens with one attached hydrogen (secondary N) is 2. The lowest BCUT2D eigenvalue weighted by atomic mass is 10.2. The number of aryl methyl sites for hydroxylation is 1. The number of halogens is 1. The molecule has 0 atom stereocenters. The molecular formula is C12H13FN4O. The number of nitrogens with zero attached hydrogens (tertiary/aromatic N) is 2. The number of imidazole rings is 1. The summed E-state index contributed by atoms with van der Waals surface area (Å²) in [6.45, 7) is 0.474. The van der Waals surface area contributed by atoms with Gasteiger partial charge >= 0.3 is 0 Å². The number of carbonyl (C=O) groups is 1. The van der Waals surface area contributed by atoms with E-state index < -0.39 is 11.7 Å². The number of aromatic amines is 1. The van der Waals surface area contributed by atoms with Crippen LogP contribution in [0.15, 0.2) is 30.9 Å². The van der Waals surface area contributed by atoms with Crippen LogP contribution in [0.5, 0.6) is 0 Å². The molecule has 94 valence electrons. The average Bonchev–Trinajstić information content (AvgIpc) is 2.88. The highest BCUT2D eigenvalue weighted by atomic mass is 19.1. The Kier molecular flexibility index (Phi) is 4.01. The number of H-pyrrole nitrogens is 1. The van der Waals surface area contributed by atoms with Gasteiger partial charge in [-0.1, -0.05) is 0 Å². The summed E-state index contributed by atoms with van der Waals surface area (Å²) in [5.74, 6) is -0.158. The number of amides is 1. The van der Waals surface area contributed by atoms with Gasteiger partial charge in [0.25, 0.3) is 5.91 Å². The van der Waals surface area contributed by atoms with Crippen LogP contribution in [0, 0.1) is 5.82 Å². The molecule has 0 aliphatic carbocycles. The first-order valence-corrected chi connectivity index (χ1v) is 5.63. The third kappa shape index (κ3) is 3.13. The molecule has 2 aromatic rings. The highest BCUT2D eigenvalue weighted by Gasteiger charge is 2.10. The number of pyridine rings is 1. The predicted molar refractivity (Wildman–Crippen MR) is 63.4 cm³/mol. The van der Waals surface area contributed by atoms with Gasteiger partial charge in [0.05, 0.1) is 11.8 Å². The average molecular weight is 248 g/mol. The maximum absolute atomic E-state index is 13.2. The molecule has 0 saturated carbocycles. The maximum Gasteiger partial charge on any atom is 0.254 e. The van der Waals surface area contributed by atoms with Crippen LogP contribution in [0.3, 0.4) is 0 Å². The van der Waals surface area contributed by atoms with Gasteiger partial charge in [0.15, 0.2) is 5.82 Å². The lowest BCUT2D eigenvalue weighted by molar-refractivity contribution is 0.0949. The third-order valence-electron chi connectivity index (χ3n) is 2.45. The van der Waals surface area contributed by atoms with Gasteiger partial charge < -0.3 is 10.3 Å². The quantitative estimate of drug-likeness (QED) is 0.784. The largest absolute Gasteiger partial charge is 0.352 e. The Bertz CT molecular complexity index is 513. The van der Waals surface area contributed by atoms with Crippen LogP contribution < -0.4 is 5.32 Å². The smallest absolute Gasteiger partial charge is 0.254 e. The number of hydrogen-bond acceptors (Lipinski definition) is 3. The molecule has 18 heavy (non-hydrogen) atoms. The van der Waals surface area contributed by atoms with E-state index in [-0.39, 0.29) is 5.56 Å². The molecule has 0 saturated heterocycles. The van der Waals surface area contributed by atoms with Crippen molar-refractivity contribution in [3.05, 3.63) is 48.1 Å². The van der Waals surface area contributed by atoms with Gasteiger partial charge in [-0.05, 0) is 12.5 Å². The normalized spacial score (nSPS) is 10.3. The van der Waals surface area contributed by atoms with Crippen LogP contribution in [-0.4, -0.2) is 27.4 Å². The fourth-order valence-corrected chi connectivity index (χ4v) is 1.55. The van der Waals surface area contributed by atoms with E-state index in [2.05, 4.69) is 20.3 Å². The first-order valence-electron chi connectivity index (χ1n) is 5.63. The summed E-state index contributed by atoms with van der Waals surface area (Å²) in [7, 11) is 0. The van der Waals surface area contributed by atoms with E-state index in [1.54, 1.807) is 12.4 Å². The van der Waals surface area contributed by atoms with Crippen molar-refractivity contribution in [1.82, 2.24) is 20.3 Å². The van der Waals surface area contributed by atoms with Crippen LogP contribution in [0.25, 0.3) is 0 Å². The Morgan fingerprint density at radius 1 is 1.44 bits per heavy atom. The first kappa shape index (κ1) is 12.2. The molecule has 0 aliphatic rings. The van der Waals surface area contributed by atoms with E-state index in [4.69, 9.17) is 0 Å². The SMILES string of the molecule is O=C(NCCCc1ncc[nH]1)c1ccncc1F. The van der Waals surface area contributed by atoms with E-state index in [9.17, 15) is 9.18 Å². The van der Waals surface area contributed by atoms with Crippen LogP contribution in [-0.2, 0) is 6.42 Å². The maximum atomic E-state index is 13.2. The molecule has 1 amide bonds. The minimum atomic E-state index is -0.610. The standard InChI is InChI=1S/C12H13FN4O/c13-10-8-14-5-3-9(10)12(18)17-4-1-2-11-15-6-7-16-11/h3,5-8H,1-2,4H2,(H,15,16)(H,17,18). The zero-order valence-corrected chi connectivity index (χ0v) is 9.69. The molecule has 0 bridgehead atoms. The highest BCUT2D eigenvalue weighted by Crippen LogP contribution is 2.03. The molecule has 6 heteroatoms. The molecule has 0 aromatic carbocycles. The van der Waals surface area contributed by atoms with Gasteiger partial charge in [0.1, 0.15) is 5.82 Å². The summed E-state index contributed by atoms with van der Waals surface area (Å²) in [6, 6.07) is 1.36. The van der Waals surface area contributed by atoms with Gasteiger partial charge in [-0.25, -0.2) is 9.37 Å². The topological polar surface area (TPSA) is 70.7 Å². The van der Waals surface area contributed by atoms with Crippen molar-refractivity contribution in [2.45, 2.75) is 12.8 Å². The number of aromatic nitrogens is 3. The van der Waals surface area contributed by atoms with Gasteiger partial charge in [-0.3, -0.25) is 9.78 Å². The zero-order chi connectivity index (χ0) is 12.8. The molecular weight excluding hydrogens is 235 g/mol. The predicted octanol–water partition coefficient (Wildman–Crippen LogP) is 1.31. The lowest BCUT2D eigenvalue weighted by Gasteiger charge is -2.04. The Labute approximate surface area is 103 Å². The second-order valence-corrected chi connectivity index (χ2v) is 3.75. The third-order valence-corrected chi connectivity index (χ3v) is 2.45. The fourth-order valence-electron chi connectivity index (χ4n) is 1.55. The minimum absolute atomic E-state index is 0.0167. The summed E-state index contributed by atoms with van der Waals surface area (Å²) < 4.78 is 13.2. The lowest BCUT2D eigenvalue weighted by Crippen LogP contribution is -2.25. The summed E-state index contributed by atoms with van der Waals surface area (Å²) in [5, 5.41) is 2.65. The molecule has 2 rings (SSSR count). The van der Waals surface area contributed by atoms with Gasteiger partial charge in [0, 0.05) is 31.6 Å². The Morgan fingerprint density at radius 3 is 3.06 bits per heavy atom. The second kappa shape index (κ2) is 5.90. The molecule has 5 nitrogen and oxygen atoms in total. The van der Waals surface area contributed by atoms with E-state index in [0.29, 0.717) is 6.54 Å². The van der Waals surface area contributed by atoms with Gasteiger partial charge in [-0.15, -0.1) is 0 Å². The molecule has 0 unspecified atom stereocenters. The van der Waals surface area contributed by atoms with Crippen molar-refractivity contribution >= 4 is 5.91 Å². The Morgan fingerprint density at radius 2 is 2.33 bits per heavy atom. The molecule has 0 radical (unpaired) electrons. The zero-order valence-electron chi connectivity index (χ0n) is 9.69. The molecule has 0 aliphatic heterocycles. The minimum Gasteiger partial charge on any atom is -0.352 e. The first-order chi connectivity index (χ1) is 8.77. The summed E-state index contributed by atoms with van der Waals surface area (Å²) in [6.07, 6.45) is 7.33.